The molecule has 2 heteroatoms. The van der Waals surface area contributed by atoms with Gasteiger partial charge in [-0.3, -0.25) is 4.90 Å². The molecule has 0 aromatic heterocycles. The largest absolute Gasteiger partial charge is 0.392 e. The van der Waals surface area contributed by atoms with Crippen molar-refractivity contribution in [3.63, 3.8) is 0 Å². The van der Waals surface area contributed by atoms with Gasteiger partial charge >= 0.3 is 0 Å². The molecule has 2 nitrogen and oxygen atoms in total. The smallest absolute Gasteiger partial charge is 0.0682 e. The van der Waals surface area contributed by atoms with Crippen molar-refractivity contribution in [2.75, 3.05) is 13.1 Å². The lowest BCUT2D eigenvalue weighted by atomic mass is 10.1. The molecular weight excluding hydrogens is 174 g/mol. The van der Waals surface area contributed by atoms with Crippen LogP contribution in [-0.2, 0) is 0 Å². The quantitative estimate of drug-likeness (QED) is 0.734. The Morgan fingerprint density at radius 1 is 1.43 bits per heavy atom. The first kappa shape index (κ1) is 12.0. The summed E-state index contributed by atoms with van der Waals surface area (Å²) >= 11 is 0. The molecular formula is C12H25NO. The van der Waals surface area contributed by atoms with Gasteiger partial charge in [0.1, 0.15) is 0 Å². The van der Waals surface area contributed by atoms with E-state index >= 15 is 0 Å². The molecule has 1 aliphatic rings. The lowest BCUT2D eigenvalue weighted by Crippen LogP contribution is -2.33. The monoisotopic (exact) mass is 199 g/mol. The molecule has 1 saturated heterocycles. The van der Waals surface area contributed by atoms with Crippen molar-refractivity contribution < 1.29 is 5.11 Å². The van der Waals surface area contributed by atoms with Gasteiger partial charge in [-0.1, -0.05) is 33.6 Å². The van der Waals surface area contributed by atoms with Gasteiger partial charge < -0.3 is 5.11 Å². The van der Waals surface area contributed by atoms with Gasteiger partial charge in [0.05, 0.1) is 6.10 Å². The van der Waals surface area contributed by atoms with Crippen molar-refractivity contribution >= 4 is 0 Å². The maximum atomic E-state index is 9.64. The molecule has 0 amide bonds. The first-order valence-corrected chi connectivity index (χ1v) is 6.05. The Labute approximate surface area is 88.3 Å². The third kappa shape index (κ3) is 3.58. The Morgan fingerprint density at radius 2 is 2.14 bits per heavy atom. The predicted octanol–water partition coefficient (Wildman–Crippen LogP) is 2.27. The second-order valence-electron chi connectivity index (χ2n) is 5.03. The van der Waals surface area contributed by atoms with Crippen LogP contribution in [0.5, 0.6) is 0 Å². The van der Waals surface area contributed by atoms with Crippen LogP contribution in [0.2, 0.25) is 0 Å². The number of aliphatic hydroxyl groups excluding tert-OH is 1. The molecule has 0 unspecified atom stereocenters. The summed E-state index contributed by atoms with van der Waals surface area (Å²) in [4.78, 5) is 2.48. The van der Waals surface area contributed by atoms with E-state index in [4.69, 9.17) is 0 Å². The highest BCUT2D eigenvalue weighted by Crippen LogP contribution is 2.23. The normalized spacial score (nSPS) is 28.9. The van der Waals surface area contributed by atoms with Crippen molar-refractivity contribution in [3.05, 3.63) is 0 Å². The van der Waals surface area contributed by atoms with E-state index in [1.54, 1.807) is 0 Å². The first-order valence-electron chi connectivity index (χ1n) is 6.05. The molecule has 2 atom stereocenters. The van der Waals surface area contributed by atoms with Gasteiger partial charge in [0.15, 0.2) is 0 Å². The molecule has 84 valence electrons. The van der Waals surface area contributed by atoms with Crippen LogP contribution in [0, 0.1) is 5.92 Å². The molecule has 0 radical (unpaired) electrons. The SMILES string of the molecule is CCCC[C@@H]1C[C@@H](O)CN1CC(C)C. The fraction of sp³-hybridized carbons (Fsp3) is 1.00. The Kier molecular flexibility index (Phi) is 4.90. The molecule has 0 bridgehead atoms. The summed E-state index contributed by atoms with van der Waals surface area (Å²) in [6.07, 6.45) is 4.75. The summed E-state index contributed by atoms with van der Waals surface area (Å²) in [6, 6.07) is 0.646. The molecule has 1 aliphatic heterocycles. The van der Waals surface area contributed by atoms with Crippen LogP contribution in [-0.4, -0.2) is 35.2 Å². The minimum absolute atomic E-state index is 0.0735. The van der Waals surface area contributed by atoms with Crippen LogP contribution in [0.3, 0.4) is 0 Å². The number of β-amino-alcohol motifs (C(OH)–C–C–N with tert-alkyl or cyclic N) is 1. The van der Waals surface area contributed by atoms with E-state index in [-0.39, 0.29) is 6.10 Å². The summed E-state index contributed by atoms with van der Waals surface area (Å²) in [5.41, 5.74) is 0. The minimum Gasteiger partial charge on any atom is -0.392 e. The Morgan fingerprint density at radius 3 is 2.71 bits per heavy atom. The standard InChI is InChI=1S/C12H25NO/c1-4-5-6-11-7-12(14)9-13(11)8-10(2)3/h10-12,14H,4-9H2,1-3H3/t11-,12-/m1/s1. The Balaban J connectivity index is 2.37. The average Bonchev–Trinajstić information content (AvgIpc) is 2.41. The maximum absolute atomic E-state index is 9.64. The van der Waals surface area contributed by atoms with Gasteiger partial charge in [-0.2, -0.15) is 0 Å². The van der Waals surface area contributed by atoms with Crippen molar-refractivity contribution in [1.29, 1.82) is 0 Å². The number of aliphatic hydroxyl groups is 1. The summed E-state index contributed by atoms with van der Waals surface area (Å²) in [5.74, 6) is 0.712. The summed E-state index contributed by atoms with van der Waals surface area (Å²) in [7, 11) is 0. The second kappa shape index (κ2) is 5.72. The highest BCUT2D eigenvalue weighted by Gasteiger charge is 2.30. The molecule has 1 fully saturated rings. The Bertz CT molecular complexity index is 158. The third-order valence-corrected chi connectivity index (χ3v) is 3.00. The zero-order chi connectivity index (χ0) is 10.6. The van der Waals surface area contributed by atoms with Gasteiger partial charge in [-0.15, -0.1) is 0 Å². The van der Waals surface area contributed by atoms with Crippen molar-refractivity contribution in [3.8, 4) is 0 Å². The fourth-order valence-electron chi connectivity index (χ4n) is 2.39. The van der Waals surface area contributed by atoms with E-state index in [0.717, 1.165) is 19.5 Å². The van der Waals surface area contributed by atoms with Gasteiger partial charge in [0.2, 0.25) is 0 Å². The van der Waals surface area contributed by atoms with Crippen molar-refractivity contribution in [2.24, 2.45) is 5.92 Å². The van der Waals surface area contributed by atoms with E-state index < -0.39 is 0 Å². The zero-order valence-electron chi connectivity index (χ0n) is 9.87. The van der Waals surface area contributed by atoms with E-state index in [0.29, 0.717) is 12.0 Å². The van der Waals surface area contributed by atoms with Gasteiger partial charge in [-0.25, -0.2) is 0 Å². The van der Waals surface area contributed by atoms with Crippen LogP contribution in [0.1, 0.15) is 46.5 Å². The summed E-state index contributed by atoms with van der Waals surface area (Å²) < 4.78 is 0. The molecule has 0 aromatic carbocycles. The van der Waals surface area contributed by atoms with Crippen molar-refractivity contribution in [2.45, 2.75) is 58.6 Å². The number of unbranched alkanes of at least 4 members (excludes halogenated alkanes) is 1. The Hall–Kier alpha value is -0.0800. The molecule has 1 rings (SSSR count). The van der Waals surface area contributed by atoms with Crippen LogP contribution < -0.4 is 0 Å². The summed E-state index contributed by atoms with van der Waals surface area (Å²) in [6.45, 7) is 8.78. The van der Waals surface area contributed by atoms with Crippen LogP contribution in [0.15, 0.2) is 0 Å². The molecule has 1 heterocycles. The number of likely N-dealkylation sites (tertiary alicyclic amines) is 1. The van der Waals surface area contributed by atoms with Crippen LogP contribution in [0.4, 0.5) is 0 Å². The molecule has 14 heavy (non-hydrogen) atoms. The second-order valence-corrected chi connectivity index (χ2v) is 5.03. The number of hydrogen-bond donors (Lipinski definition) is 1. The number of rotatable bonds is 5. The lowest BCUT2D eigenvalue weighted by molar-refractivity contribution is 0.168. The summed E-state index contributed by atoms with van der Waals surface area (Å²) in [5, 5.41) is 9.64. The first-order chi connectivity index (χ1) is 6.63. The third-order valence-electron chi connectivity index (χ3n) is 3.00. The predicted molar refractivity (Wildman–Crippen MR) is 60.3 cm³/mol. The molecule has 1 N–H and O–H groups in total. The van der Waals surface area contributed by atoms with Gasteiger partial charge in [0, 0.05) is 19.1 Å². The number of nitrogens with zero attached hydrogens (tertiary/aromatic N) is 1. The maximum Gasteiger partial charge on any atom is 0.0682 e. The van der Waals surface area contributed by atoms with Gasteiger partial charge in [0.25, 0.3) is 0 Å². The van der Waals surface area contributed by atoms with Gasteiger partial charge in [-0.05, 0) is 18.8 Å². The lowest BCUT2D eigenvalue weighted by Gasteiger charge is -2.25. The molecule has 0 spiro atoms. The van der Waals surface area contributed by atoms with E-state index in [1.807, 2.05) is 0 Å². The topological polar surface area (TPSA) is 23.5 Å². The highest BCUT2D eigenvalue weighted by molar-refractivity contribution is 4.85. The van der Waals surface area contributed by atoms with Crippen molar-refractivity contribution in [1.82, 2.24) is 4.90 Å². The molecule has 0 aliphatic carbocycles. The van der Waals surface area contributed by atoms with Crippen LogP contribution in [0.25, 0.3) is 0 Å². The van der Waals surface area contributed by atoms with Crippen LogP contribution >= 0.6 is 0 Å². The zero-order valence-corrected chi connectivity index (χ0v) is 9.87. The van der Waals surface area contributed by atoms with E-state index in [1.165, 1.54) is 19.3 Å². The molecule has 0 saturated carbocycles. The molecule has 0 aromatic rings. The highest BCUT2D eigenvalue weighted by atomic mass is 16.3. The number of hydrogen-bond acceptors (Lipinski definition) is 2. The fourth-order valence-corrected chi connectivity index (χ4v) is 2.39. The van der Waals surface area contributed by atoms with E-state index in [2.05, 4.69) is 25.7 Å². The minimum atomic E-state index is -0.0735. The van der Waals surface area contributed by atoms with E-state index in [9.17, 15) is 5.11 Å². The average molecular weight is 199 g/mol.